The molecule has 1 N–H and O–H groups in total. The van der Waals surface area contributed by atoms with Gasteiger partial charge in [-0.25, -0.2) is 0 Å². The number of nitrogens with zero attached hydrogens (tertiary/aromatic N) is 1. The molecule has 0 aromatic carbocycles. The second-order valence-electron chi connectivity index (χ2n) is 6.71. The van der Waals surface area contributed by atoms with Crippen molar-refractivity contribution in [1.82, 2.24) is 10.2 Å². The Morgan fingerprint density at radius 1 is 1.19 bits per heavy atom. The number of likely N-dealkylation sites (N-methyl/N-ethyl adjacent to an activating group) is 1. The molecule has 1 aliphatic carbocycles. The Hall–Kier alpha value is -0.330. The van der Waals surface area contributed by atoms with Gasteiger partial charge < -0.3 is 15.0 Å². The van der Waals surface area contributed by atoms with Crippen LogP contribution in [0.15, 0.2) is 0 Å². The number of hydrogen-bond acceptors (Lipinski definition) is 3. The Bertz CT molecular complexity index is 327. The molecule has 124 valence electrons. The average molecular weight is 308 g/mol. The fourth-order valence-corrected chi connectivity index (χ4v) is 3.54. The summed E-state index contributed by atoms with van der Waals surface area (Å²) in [6.45, 7) is 2.21. The highest BCUT2D eigenvalue weighted by Gasteiger charge is 2.43. The predicted octanol–water partition coefficient (Wildman–Crippen LogP) is 2.81. The van der Waals surface area contributed by atoms with Crippen LogP contribution >= 0.6 is 0 Å². The summed E-state index contributed by atoms with van der Waals surface area (Å²) in [5, 5.41) is 3.42. The van der Waals surface area contributed by atoms with Crippen LogP contribution in [-0.2, 0) is 4.74 Å². The summed E-state index contributed by atoms with van der Waals surface area (Å²) in [6, 6.07) is -0.00922. The lowest BCUT2D eigenvalue weighted by molar-refractivity contribution is -0.183. The fourth-order valence-electron chi connectivity index (χ4n) is 3.54. The van der Waals surface area contributed by atoms with Crippen molar-refractivity contribution >= 4 is 0 Å². The zero-order valence-corrected chi connectivity index (χ0v) is 13.0. The number of nitrogens with one attached hydrogen (secondary N) is 1. The third-order valence-corrected chi connectivity index (χ3v) is 5.23. The van der Waals surface area contributed by atoms with Gasteiger partial charge in [0.15, 0.2) is 0 Å². The molecule has 6 heteroatoms. The van der Waals surface area contributed by atoms with Crippen LogP contribution in [-0.4, -0.2) is 56.5 Å². The third-order valence-electron chi connectivity index (χ3n) is 5.23. The predicted molar refractivity (Wildman–Crippen MR) is 76.3 cm³/mol. The minimum atomic E-state index is -4.04. The van der Waals surface area contributed by atoms with E-state index in [1.165, 1.54) is 0 Å². The summed E-state index contributed by atoms with van der Waals surface area (Å²) in [7, 11) is 4.10. The molecule has 21 heavy (non-hydrogen) atoms. The normalized spacial score (nSPS) is 30.6. The Morgan fingerprint density at radius 2 is 1.86 bits per heavy atom. The van der Waals surface area contributed by atoms with E-state index < -0.39 is 12.1 Å². The molecular weight excluding hydrogens is 281 g/mol. The average Bonchev–Trinajstić information content (AvgIpc) is 2.45. The molecule has 2 rings (SSSR count). The number of rotatable bonds is 4. The number of hydrogen-bond donors (Lipinski definition) is 1. The maximum absolute atomic E-state index is 12.9. The molecule has 0 bridgehead atoms. The maximum atomic E-state index is 12.9. The minimum Gasteiger partial charge on any atom is -0.381 e. The monoisotopic (exact) mass is 308 g/mol. The molecule has 1 saturated heterocycles. The molecule has 0 aromatic heterocycles. The third kappa shape index (κ3) is 4.33. The highest BCUT2D eigenvalue weighted by molar-refractivity contribution is 4.94. The molecule has 2 fully saturated rings. The molecule has 0 amide bonds. The second-order valence-corrected chi connectivity index (χ2v) is 6.71. The SMILES string of the molecule is CN(C)C1(CNC2CCCC(C(F)(F)F)C2)CCOCC1. The van der Waals surface area contributed by atoms with E-state index in [9.17, 15) is 13.2 Å². The first-order valence-electron chi connectivity index (χ1n) is 7.89. The van der Waals surface area contributed by atoms with Crippen LogP contribution < -0.4 is 5.32 Å². The van der Waals surface area contributed by atoms with Crippen LogP contribution in [0.25, 0.3) is 0 Å². The topological polar surface area (TPSA) is 24.5 Å². The van der Waals surface area contributed by atoms with E-state index >= 15 is 0 Å². The van der Waals surface area contributed by atoms with Crippen molar-refractivity contribution in [3.63, 3.8) is 0 Å². The van der Waals surface area contributed by atoms with Crippen molar-refractivity contribution in [2.45, 2.75) is 56.3 Å². The van der Waals surface area contributed by atoms with E-state index in [4.69, 9.17) is 4.74 Å². The van der Waals surface area contributed by atoms with Crippen LogP contribution in [0, 0.1) is 5.92 Å². The Kier molecular flexibility index (Phi) is 5.54. The Labute approximate surface area is 125 Å². The van der Waals surface area contributed by atoms with E-state index in [0.717, 1.165) is 39.0 Å². The summed E-state index contributed by atoms with van der Waals surface area (Å²) >= 11 is 0. The van der Waals surface area contributed by atoms with Crippen molar-refractivity contribution in [1.29, 1.82) is 0 Å². The molecule has 0 spiro atoms. The zero-order chi connectivity index (χ0) is 15.5. The quantitative estimate of drug-likeness (QED) is 0.864. The van der Waals surface area contributed by atoms with E-state index in [1.807, 2.05) is 14.1 Å². The first-order valence-corrected chi connectivity index (χ1v) is 7.89. The van der Waals surface area contributed by atoms with E-state index in [-0.39, 0.29) is 24.4 Å². The summed E-state index contributed by atoms with van der Waals surface area (Å²) in [4.78, 5) is 2.20. The van der Waals surface area contributed by atoms with Crippen LogP contribution in [0.3, 0.4) is 0 Å². The maximum Gasteiger partial charge on any atom is 0.391 e. The van der Waals surface area contributed by atoms with Gasteiger partial charge in [-0.3, -0.25) is 0 Å². The molecule has 0 radical (unpaired) electrons. The van der Waals surface area contributed by atoms with Gasteiger partial charge in [0.05, 0.1) is 5.92 Å². The van der Waals surface area contributed by atoms with Crippen molar-refractivity contribution in [3.8, 4) is 0 Å². The molecular formula is C15H27F3N2O. The van der Waals surface area contributed by atoms with Crippen LogP contribution in [0.1, 0.15) is 38.5 Å². The van der Waals surface area contributed by atoms with Crippen molar-refractivity contribution in [2.24, 2.45) is 5.92 Å². The number of halogens is 3. The number of alkyl halides is 3. The van der Waals surface area contributed by atoms with Gasteiger partial charge in [0.25, 0.3) is 0 Å². The molecule has 0 aromatic rings. The van der Waals surface area contributed by atoms with E-state index in [0.29, 0.717) is 6.42 Å². The summed E-state index contributed by atoms with van der Waals surface area (Å²) in [6.07, 6.45) is -0.145. The molecule has 2 atom stereocenters. The molecule has 2 unspecified atom stereocenters. The van der Waals surface area contributed by atoms with Gasteiger partial charge in [-0.15, -0.1) is 0 Å². The van der Waals surface area contributed by atoms with Gasteiger partial charge in [0.1, 0.15) is 0 Å². The van der Waals surface area contributed by atoms with Gasteiger partial charge in [0.2, 0.25) is 0 Å². The largest absolute Gasteiger partial charge is 0.391 e. The van der Waals surface area contributed by atoms with E-state index in [1.54, 1.807) is 0 Å². The van der Waals surface area contributed by atoms with Crippen molar-refractivity contribution in [3.05, 3.63) is 0 Å². The highest BCUT2D eigenvalue weighted by atomic mass is 19.4. The first-order chi connectivity index (χ1) is 9.83. The van der Waals surface area contributed by atoms with Gasteiger partial charge in [0, 0.05) is 31.3 Å². The summed E-state index contributed by atoms with van der Waals surface area (Å²) in [5.41, 5.74) is 0.0173. The van der Waals surface area contributed by atoms with Gasteiger partial charge in [-0.05, 0) is 46.2 Å². The second kappa shape index (κ2) is 6.84. The van der Waals surface area contributed by atoms with E-state index in [2.05, 4.69) is 10.2 Å². The highest BCUT2D eigenvalue weighted by Crippen LogP contribution is 2.37. The lowest BCUT2D eigenvalue weighted by Gasteiger charge is -2.44. The fraction of sp³-hybridized carbons (Fsp3) is 1.00. The lowest BCUT2D eigenvalue weighted by atomic mass is 9.83. The van der Waals surface area contributed by atoms with Crippen molar-refractivity contribution < 1.29 is 17.9 Å². The van der Waals surface area contributed by atoms with Crippen LogP contribution in [0.5, 0.6) is 0 Å². The first kappa shape index (κ1) is 17.0. The molecule has 1 saturated carbocycles. The lowest BCUT2D eigenvalue weighted by Crippen LogP contribution is -2.56. The zero-order valence-electron chi connectivity index (χ0n) is 13.0. The molecule has 1 heterocycles. The van der Waals surface area contributed by atoms with Crippen molar-refractivity contribution in [2.75, 3.05) is 33.9 Å². The van der Waals surface area contributed by atoms with Gasteiger partial charge in [-0.1, -0.05) is 6.42 Å². The van der Waals surface area contributed by atoms with Gasteiger partial charge in [-0.2, -0.15) is 13.2 Å². The van der Waals surface area contributed by atoms with Gasteiger partial charge >= 0.3 is 6.18 Å². The smallest absolute Gasteiger partial charge is 0.381 e. The molecule has 3 nitrogen and oxygen atoms in total. The van der Waals surface area contributed by atoms with Crippen LogP contribution in [0.4, 0.5) is 13.2 Å². The number of ether oxygens (including phenoxy) is 1. The Morgan fingerprint density at radius 3 is 2.43 bits per heavy atom. The van der Waals surface area contributed by atoms with Crippen LogP contribution in [0.2, 0.25) is 0 Å². The Balaban J connectivity index is 1.89. The summed E-state index contributed by atoms with van der Waals surface area (Å²) in [5.74, 6) is -1.13. The molecule has 2 aliphatic rings. The summed E-state index contributed by atoms with van der Waals surface area (Å²) < 4.78 is 44.0. The minimum absolute atomic E-state index is 0.00922. The standard InChI is InChI=1S/C15H27F3N2O/c1-20(2)14(6-8-21-9-7-14)11-19-13-5-3-4-12(10-13)15(16,17)18/h12-13,19H,3-11H2,1-2H3. The molecule has 1 aliphatic heterocycles.